The molecule has 0 aliphatic carbocycles. The summed E-state index contributed by atoms with van der Waals surface area (Å²) in [6.45, 7) is 0. The molecule has 0 unspecified atom stereocenters. The van der Waals surface area contributed by atoms with E-state index in [9.17, 15) is 24.7 Å². The Kier molecular flexibility index (Phi) is 8.95. The number of amides is 2. The number of hydrogen-bond acceptors (Lipinski definition) is 13. The van der Waals surface area contributed by atoms with Crippen LogP contribution in [0.2, 0.25) is 0 Å². The number of aliphatic carboxylic acids is 1. The molecule has 2 aromatic heterocycles. The van der Waals surface area contributed by atoms with Gasteiger partial charge in [0, 0.05) is 29.3 Å². The maximum atomic E-state index is 12.8. The molecule has 1 fully saturated rings. The van der Waals surface area contributed by atoms with Crippen molar-refractivity contribution < 1.29 is 54.3 Å². The van der Waals surface area contributed by atoms with E-state index < -0.39 is 34.9 Å². The van der Waals surface area contributed by atoms with E-state index >= 15 is 0 Å². The fourth-order valence-corrected chi connectivity index (χ4v) is 6.09. The van der Waals surface area contributed by atoms with Gasteiger partial charge in [0.2, 0.25) is 0 Å². The van der Waals surface area contributed by atoms with Crippen molar-refractivity contribution in [1.82, 2.24) is 25.2 Å². The number of carboxylic acid groups (broad SMARTS) is 1. The second-order valence-corrected chi connectivity index (χ2v) is 9.87. The molecule has 4 rings (SSSR count). The minimum Gasteiger partial charge on any atom is -0.543 e. The molecule has 12 nitrogen and oxygen atoms in total. The number of rotatable bonds is 8. The summed E-state index contributed by atoms with van der Waals surface area (Å²) >= 11 is 3.81. The minimum absolute atomic E-state index is 0. The van der Waals surface area contributed by atoms with Gasteiger partial charge in [0.1, 0.15) is 22.1 Å². The van der Waals surface area contributed by atoms with Crippen LogP contribution in [0.3, 0.4) is 0 Å². The summed E-state index contributed by atoms with van der Waals surface area (Å²) in [6, 6.07) is -0.986. The van der Waals surface area contributed by atoms with Gasteiger partial charge in [-0.15, -0.1) is 34.9 Å². The van der Waals surface area contributed by atoms with Gasteiger partial charge in [0.25, 0.3) is 11.8 Å². The molecule has 0 bridgehead atoms. The predicted molar refractivity (Wildman–Crippen MR) is 119 cm³/mol. The number of carbonyl (C=O) groups is 3. The van der Waals surface area contributed by atoms with Gasteiger partial charge in [-0.1, -0.05) is 5.16 Å². The number of anilines is 1. The van der Waals surface area contributed by atoms with E-state index in [1.165, 1.54) is 28.9 Å². The molecule has 0 spiro atoms. The van der Waals surface area contributed by atoms with Crippen molar-refractivity contribution in [2.24, 2.45) is 5.16 Å². The Morgan fingerprint density at radius 2 is 2.21 bits per heavy atom. The zero-order chi connectivity index (χ0) is 23.5. The minimum atomic E-state index is -1.45. The third-order valence-corrected chi connectivity index (χ3v) is 7.73. The molecular weight excluding hydrogens is 513 g/mol. The number of carbonyl (C=O) groups excluding carboxylic acids is 3. The van der Waals surface area contributed by atoms with Gasteiger partial charge in [-0.05, 0) is 12.0 Å². The molecule has 2 aliphatic heterocycles. The number of β-lactam (4-membered cyclic amide) rings is 1. The number of aromatic nitrogens is 3. The number of fused-ring (bicyclic) bond motifs is 1. The summed E-state index contributed by atoms with van der Waals surface area (Å²) in [5.41, 5.74) is 5.61. The Bertz CT molecular complexity index is 1160. The van der Waals surface area contributed by atoms with Crippen molar-refractivity contribution >= 4 is 63.5 Å². The molecule has 16 heteroatoms. The first-order valence-electron chi connectivity index (χ1n) is 9.42. The number of thioether (sulfide) groups is 2. The molecular formula is C18H16N7NaO5S3. The van der Waals surface area contributed by atoms with Crippen LogP contribution in [-0.2, 0) is 14.4 Å². The number of carboxylic acids is 1. The van der Waals surface area contributed by atoms with Gasteiger partial charge in [-0.3, -0.25) is 19.5 Å². The number of hydrogen-bond donors (Lipinski definition) is 3. The van der Waals surface area contributed by atoms with Crippen LogP contribution in [0.15, 0.2) is 45.4 Å². The van der Waals surface area contributed by atoms with Gasteiger partial charge in [-0.2, -0.15) is 0 Å². The van der Waals surface area contributed by atoms with E-state index in [-0.39, 0.29) is 46.1 Å². The van der Waals surface area contributed by atoms with Gasteiger partial charge in [-0.25, -0.2) is 9.97 Å². The molecule has 2 amide bonds. The maximum Gasteiger partial charge on any atom is 1.00 e. The molecule has 4 heterocycles. The quantitative estimate of drug-likeness (QED) is 0.0762. The molecule has 2 aliphatic rings. The Morgan fingerprint density at radius 1 is 1.41 bits per heavy atom. The first-order chi connectivity index (χ1) is 15.9. The molecule has 0 aromatic carbocycles. The van der Waals surface area contributed by atoms with Crippen LogP contribution < -0.4 is 45.7 Å². The number of nitrogens with zero attached hydrogens (tertiary/aromatic N) is 5. The maximum absolute atomic E-state index is 12.8. The Hall–Kier alpha value is -2.17. The molecule has 1 saturated heterocycles. The largest absolute Gasteiger partial charge is 1.00 e. The summed E-state index contributed by atoms with van der Waals surface area (Å²) in [5, 5.41) is 28.2. The second-order valence-electron chi connectivity index (χ2n) is 6.76. The Morgan fingerprint density at radius 3 is 2.82 bits per heavy atom. The standard InChI is InChI=1S/C18H17N7O5S3.Na/c19-18-22-9(7-33-18)11(24-30)14(26)23-12-15(27)25-13(17(28)29)8(6-32-16(12)25)1-4-31-10-5-20-2-3-21-10;/h2-3,5,7,12,16,30H,1,4,6H2,(H2,19,22)(H,23,26)(H,28,29);/q;+1/p-1/b24-11-;/t12-,16-;/m1./s1. The average Bonchev–Trinajstić information content (AvgIpc) is 3.23. The van der Waals surface area contributed by atoms with Crippen LogP contribution in [0.1, 0.15) is 12.1 Å². The SMILES string of the molecule is Nc1nc(/C(=N/O)C(=O)N[C@@H]2C(=O)N3C(C(=O)[O-])=C(CCSc4cnccn4)CS[C@H]23)cs1.[Na+]. The Labute approximate surface area is 227 Å². The van der Waals surface area contributed by atoms with Crippen LogP contribution in [0.5, 0.6) is 0 Å². The third-order valence-electron chi connectivity index (χ3n) is 4.80. The monoisotopic (exact) mass is 529 g/mol. The molecule has 2 atom stereocenters. The number of thiazole rings is 1. The van der Waals surface area contributed by atoms with Gasteiger partial charge in [0.05, 0.1) is 17.9 Å². The van der Waals surface area contributed by atoms with Crippen LogP contribution in [0.25, 0.3) is 0 Å². The summed E-state index contributed by atoms with van der Waals surface area (Å²) in [6.07, 6.45) is 5.15. The zero-order valence-corrected chi connectivity index (χ0v) is 22.2. The van der Waals surface area contributed by atoms with Crippen molar-refractivity contribution in [1.29, 1.82) is 0 Å². The summed E-state index contributed by atoms with van der Waals surface area (Å²) < 4.78 is 0. The van der Waals surface area contributed by atoms with Crippen molar-refractivity contribution in [3.05, 3.63) is 40.9 Å². The number of nitrogens with one attached hydrogen (secondary N) is 1. The molecule has 0 radical (unpaired) electrons. The summed E-state index contributed by atoms with van der Waals surface area (Å²) in [5.74, 6) is -1.96. The first-order valence-corrected chi connectivity index (χ1v) is 12.3. The van der Waals surface area contributed by atoms with Crippen molar-refractivity contribution in [3.63, 3.8) is 0 Å². The van der Waals surface area contributed by atoms with E-state index in [2.05, 4.69) is 25.4 Å². The molecule has 172 valence electrons. The molecule has 4 N–H and O–H groups in total. The van der Waals surface area contributed by atoms with Crippen LogP contribution >= 0.6 is 34.9 Å². The molecule has 34 heavy (non-hydrogen) atoms. The van der Waals surface area contributed by atoms with E-state index in [1.807, 2.05) is 0 Å². The first kappa shape index (κ1) is 26.4. The van der Waals surface area contributed by atoms with Crippen molar-refractivity contribution in [2.45, 2.75) is 22.9 Å². The van der Waals surface area contributed by atoms with Crippen LogP contribution in [0.4, 0.5) is 5.13 Å². The molecule has 2 aromatic rings. The normalized spacial score (nSPS) is 19.7. The van der Waals surface area contributed by atoms with Crippen molar-refractivity contribution in [2.75, 3.05) is 17.2 Å². The second kappa shape index (κ2) is 11.5. The average molecular weight is 530 g/mol. The topological polar surface area (TPSA) is 187 Å². The zero-order valence-electron chi connectivity index (χ0n) is 17.7. The number of nitrogen functional groups attached to an aromatic ring is 1. The van der Waals surface area contributed by atoms with Gasteiger partial charge in [0.15, 0.2) is 10.8 Å². The van der Waals surface area contributed by atoms with Gasteiger partial charge < -0.3 is 26.2 Å². The number of nitrogens with two attached hydrogens (primary N) is 1. The fourth-order valence-electron chi connectivity index (χ4n) is 3.32. The molecule has 0 saturated carbocycles. The number of oxime groups is 1. The summed E-state index contributed by atoms with van der Waals surface area (Å²) in [7, 11) is 0. The van der Waals surface area contributed by atoms with Crippen molar-refractivity contribution in [3.8, 4) is 0 Å². The fraction of sp³-hybridized carbons (Fsp3) is 0.278. The summed E-state index contributed by atoms with van der Waals surface area (Å²) in [4.78, 5) is 50.3. The van der Waals surface area contributed by atoms with Crippen LogP contribution in [0, 0.1) is 0 Å². The smallest absolute Gasteiger partial charge is 0.543 e. The third kappa shape index (κ3) is 5.39. The van der Waals surface area contributed by atoms with E-state index in [0.29, 0.717) is 28.5 Å². The van der Waals surface area contributed by atoms with Crippen LogP contribution in [-0.4, -0.2) is 71.5 Å². The Balaban J connectivity index is 0.00000324. The predicted octanol–water partition coefficient (Wildman–Crippen LogP) is -3.72. The van der Waals surface area contributed by atoms with E-state index in [1.54, 1.807) is 18.6 Å². The van der Waals surface area contributed by atoms with Gasteiger partial charge >= 0.3 is 29.6 Å². The van der Waals surface area contributed by atoms with E-state index in [0.717, 1.165) is 16.2 Å². The van der Waals surface area contributed by atoms with E-state index in [4.69, 9.17) is 5.73 Å².